The summed E-state index contributed by atoms with van der Waals surface area (Å²) in [7, 11) is 0. The van der Waals surface area contributed by atoms with E-state index in [9.17, 15) is 0 Å². The SMILES string of the molecule is CC1C2CC2C1C1CC=C2CC21. The number of hydrogen-bond donors (Lipinski definition) is 0. The lowest BCUT2D eigenvalue weighted by Crippen LogP contribution is -2.34. The molecule has 6 unspecified atom stereocenters. The second-order valence-electron chi connectivity index (χ2n) is 5.49. The quantitative estimate of drug-likeness (QED) is 0.517. The molecule has 0 aromatic heterocycles. The van der Waals surface area contributed by atoms with Crippen LogP contribution in [-0.2, 0) is 0 Å². The fraction of sp³-hybridized carbons (Fsp3) is 0.833. The van der Waals surface area contributed by atoms with Crippen molar-refractivity contribution in [3.63, 3.8) is 0 Å². The van der Waals surface area contributed by atoms with Gasteiger partial charge in [0.2, 0.25) is 0 Å². The van der Waals surface area contributed by atoms with Crippen molar-refractivity contribution >= 4 is 0 Å². The molecule has 0 aliphatic heterocycles. The summed E-state index contributed by atoms with van der Waals surface area (Å²) < 4.78 is 0. The van der Waals surface area contributed by atoms with Gasteiger partial charge in [-0.3, -0.25) is 0 Å². The molecule has 3 saturated carbocycles. The van der Waals surface area contributed by atoms with E-state index in [0.29, 0.717) is 0 Å². The van der Waals surface area contributed by atoms with Gasteiger partial charge in [0.25, 0.3) is 0 Å². The van der Waals surface area contributed by atoms with Gasteiger partial charge in [0.05, 0.1) is 0 Å². The molecule has 12 heavy (non-hydrogen) atoms. The van der Waals surface area contributed by atoms with E-state index < -0.39 is 0 Å². The third-order valence-electron chi connectivity index (χ3n) is 5.10. The van der Waals surface area contributed by atoms with Crippen molar-refractivity contribution in [2.45, 2.75) is 26.2 Å². The minimum absolute atomic E-state index is 1.08. The van der Waals surface area contributed by atoms with Crippen molar-refractivity contribution in [1.82, 2.24) is 0 Å². The van der Waals surface area contributed by atoms with Crippen LogP contribution in [0.25, 0.3) is 0 Å². The molecule has 64 valence electrons. The fourth-order valence-corrected chi connectivity index (χ4v) is 4.25. The van der Waals surface area contributed by atoms with Gasteiger partial charge in [0.15, 0.2) is 0 Å². The zero-order chi connectivity index (χ0) is 7.87. The van der Waals surface area contributed by atoms with E-state index >= 15 is 0 Å². The molecule has 0 bridgehead atoms. The summed E-state index contributed by atoms with van der Waals surface area (Å²) in [4.78, 5) is 0. The molecule has 4 rings (SSSR count). The summed E-state index contributed by atoms with van der Waals surface area (Å²) >= 11 is 0. The van der Waals surface area contributed by atoms with Crippen LogP contribution in [0.3, 0.4) is 0 Å². The normalized spacial score (nSPS) is 64.6. The minimum atomic E-state index is 1.08. The smallest absolute Gasteiger partial charge is 0.0132 e. The minimum Gasteiger partial charge on any atom is -0.0847 e. The molecule has 6 atom stereocenters. The molecule has 4 aliphatic carbocycles. The maximum atomic E-state index is 2.54. The molecule has 4 aliphatic rings. The topological polar surface area (TPSA) is 0 Å². The van der Waals surface area contributed by atoms with Gasteiger partial charge in [-0.05, 0) is 54.8 Å². The van der Waals surface area contributed by atoms with E-state index in [1.165, 1.54) is 24.7 Å². The third kappa shape index (κ3) is 0.551. The molecule has 0 amide bonds. The summed E-state index contributed by atoms with van der Waals surface area (Å²) in [5, 5.41) is 0. The first-order valence-electron chi connectivity index (χ1n) is 5.55. The zero-order valence-electron chi connectivity index (χ0n) is 7.66. The van der Waals surface area contributed by atoms with E-state index in [4.69, 9.17) is 0 Å². The van der Waals surface area contributed by atoms with Crippen LogP contribution in [0.5, 0.6) is 0 Å². The molecule has 0 heteroatoms. The first kappa shape index (κ1) is 6.23. The first-order valence-corrected chi connectivity index (χ1v) is 5.55. The number of hydrogen-bond acceptors (Lipinski definition) is 0. The number of rotatable bonds is 1. The lowest BCUT2D eigenvalue weighted by molar-refractivity contribution is 0.0939. The Labute approximate surface area is 74.0 Å². The second-order valence-corrected chi connectivity index (χ2v) is 5.49. The molecule has 0 heterocycles. The molecular weight excluding hydrogens is 144 g/mol. The van der Waals surface area contributed by atoms with Gasteiger partial charge < -0.3 is 0 Å². The van der Waals surface area contributed by atoms with Crippen molar-refractivity contribution < 1.29 is 0 Å². The highest BCUT2D eigenvalue weighted by molar-refractivity contribution is 5.32. The Bertz CT molecular complexity index is 276. The molecule has 0 saturated heterocycles. The average molecular weight is 160 g/mol. The Hall–Kier alpha value is -0.260. The predicted octanol–water partition coefficient (Wildman–Crippen LogP) is 2.85. The summed E-state index contributed by atoms with van der Waals surface area (Å²) in [5.41, 5.74) is 1.82. The van der Waals surface area contributed by atoms with Gasteiger partial charge in [-0.25, -0.2) is 0 Å². The highest BCUT2D eigenvalue weighted by atomic mass is 14.7. The van der Waals surface area contributed by atoms with Crippen LogP contribution in [0, 0.1) is 35.5 Å². The highest BCUT2D eigenvalue weighted by Crippen LogP contribution is 2.70. The van der Waals surface area contributed by atoms with Crippen molar-refractivity contribution in [3.8, 4) is 0 Å². The Morgan fingerprint density at radius 2 is 2.17 bits per heavy atom. The van der Waals surface area contributed by atoms with Crippen molar-refractivity contribution in [2.24, 2.45) is 35.5 Å². The number of allylic oxidation sites excluding steroid dienone is 2. The lowest BCUT2D eigenvalue weighted by Gasteiger charge is -2.38. The highest BCUT2D eigenvalue weighted by Gasteiger charge is 2.63. The summed E-state index contributed by atoms with van der Waals surface area (Å²) in [6.45, 7) is 2.50. The van der Waals surface area contributed by atoms with Gasteiger partial charge in [-0.2, -0.15) is 0 Å². The van der Waals surface area contributed by atoms with Crippen LogP contribution in [0.2, 0.25) is 0 Å². The van der Waals surface area contributed by atoms with Crippen LogP contribution < -0.4 is 0 Å². The van der Waals surface area contributed by atoms with Crippen LogP contribution in [0.15, 0.2) is 11.6 Å². The largest absolute Gasteiger partial charge is 0.0847 e. The number of fused-ring (bicyclic) bond motifs is 2. The standard InChI is InChI=1S/C12H16/c1-6-9-5-11(9)12(6)8-3-2-7-4-10(7)8/h2,6,8-12H,3-5H2,1H3. The van der Waals surface area contributed by atoms with E-state index in [2.05, 4.69) is 13.0 Å². The van der Waals surface area contributed by atoms with Crippen LogP contribution in [-0.4, -0.2) is 0 Å². The summed E-state index contributed by atoms with van der Waals surface area (Å²) in [5.74, 6) is 6.80. The van der Waals surface area contributed by atoms with E-state index in [1.807, 2.05) is 5.57 Å². The van der Waals surface area contributed by atoms with E-state index in [1.54, 1.807) is 6.42 Å². The molecule has 0 aromatic rings. The van der Waals surface area contributed by atoms with Gasteiger partial charge in [-0.15, -0.1) is 0 Å². The third-order valence-corrected chi connectivity index (χ3v) is 5.10. The molecule has 0 spiro atoms. The first-order chi connectivity index (χ1) is 5.86. The summed E-state index contributed by atoms with van der Waals surface area (Å²) in [6, 6.07) is 0. The van der Waals surface area contributed by atoms with Crippen LogP contribution in [0.1, 0.15) is 26.2 Å². The van der Waals surface area contributed by atoms with Crippen molar-refractivity contribution in [3.05, 3.63) is 11.6 Å². The Morgan fingerprint density at radius 3 is 2.67 bits per heavy atom. The van der Waals surface area contributed by atoms with Gasteiger partial charge in [0, 0.05) is 0 Å². The van der Waals surface area contributed by atoms with Gasteiger partial charge >= 0.3 is 0 Å². The lowest BCUT2D eigenvalue weighted by atomic mass is 9.66. The van der Waals surface area contributed by atoms with Gasteiger partial charge in [0.1, 0.15) is 0 Å². The molecule has 0 N–H and O–H groups in total. The van der Waals surface area contributed by atoms with Crippen molar-refractivity contribution in [2.75, 3.05) is 0 Å². The Kier molecular flexibility index (Phi) is 0.865. The van der Waals surface area contributed by atoms with E-state index in [-0.39, 0.29) is 0 Å². The van der Waals surface area contributed by atoms with Crippen molar-refractivity contribution in [1.29, 1.82) is 0 Å². The Morgan fingerprint density at radius 1 is 1.25 bits per heavy atom. The molecule has 0 radical (unpaired) electrons. The fourth-order valence-electron chi connectivity index (χ4n) is 4.25. The molecule has 0 nitrogen and oxygen atoms in total. The summed E-state index contributed by atoms with van der Waals surface area (Å²) in [6.07, 6.45) is 7.05. The zero-order valence-corrected chi connectivity index (χ0v) is 7.66. The second kappa shape index (κ2) is 1.66. The van der Waals surface area contributed by atoms with Crippen LogP contribution >= 0.6 is 0 Å². The molecule has 0 aromatic carbocycles. The van der Waals surface area contributed by atoms with Gasteiger partial charge in [-0.1, -0.05) is 18.6 Å². The molecular formula is C12H16. The van der Waals surface area contributed by atoms with Crippen LogP contribution in [0.4, 0.5) is 0 Å². The monoisotopic (exact) mass is 160 g/mol. The molecule has 3 fully saturated rings. The Balaban J connectivity index is 1.59. The average Bonchev–Trinajstić information content (AvgIpc) is 2.91. The maximum absolute atomic E-state index is 2.54. The predicted molar refractivity (Wildman–Crippen MR) is 48.5 cm³/mol. The maximum Gasteiger partial charge on any atom is -0.0132 e. The van der Waals surface area contributed by atoms with E-state index in [0.717, 1.165) is 23.7 Å².